The average Bonchev–Trinajstić information content (AvgIpc) is 3.17. The number of allylic oxidation sites excluding steroid dienone is 1. The third-order valence-electron chi connectivity index (χ3n) is 9.22. The van der Waals surface area contributed by atoms with Crippen molar-refractivity contribution in [3.63, 3.8) is 0 Å². The summed E-state index contributed by atoms with van der Waals surface area (Å²) in [7, 11) is 0. The van der Waals surface area contributed by atoms with Crippen LogP contribution in [0.5, 0.6) is 0 Å². The lowest BCUT2D eigenvalue weighted by molar-refractivity contribution is 0.00970. The first-order chi connectivity index (χ1) is 13.8. The Balaban J connectivity index is 1.45. The van der Waals surface area contributed by atoms with Crippen LogP contribution in [0.15, 0.2) is 23.8 Å². The molecule has 0 aromatic heterocycles. The van der Waals surface area contributed by atoms with Crippen LogP contribution in [0.1, 0.15) is 98.3 Å². The maximum atomic E-state index is 10.1. The first-order valence-corrected chi connectivity index (χ1v) is 12.5. The molecule has 1 spiro atoms. The summed E-state index contributed by atoms with van der Waals surface area (Å²) in [4.78, 5) is 0. The molecule has 3 saturated carbocycles. The second-order valence-corrected chi connectivity index (χ2v) is 11.6. The highest BCUT2D eigenvalue weighted by atomic mass is 16.6. The van der Waals surface area contributed by atoms with Gasteiger partial charge in [-0.3, -0.25) is 0 Å². The van der Waals surface area contributed by atoms with Crippen molar-refractivity contribution in [2.75, 3.05) is 0 Å². The van der Waals surface area contributed by atoms with Gasteiger partial charge in [-0.25, -0.2) is 0 Å². The highest BCUT2D eigenvalue weighted by molar-refractivity contribution is 5.36. The van der Waals surface area contributed by atoms with Crippen molar-refractivity contribution >= 4 is 0 Å². The number of hydrogen-bond acceptors (Lipinski definition) is 2. The van der Waals surface area contributed by atoms with E-state index in [1.807, 2.05) is 0 Å². The molecule has 0 aromatic carbocycles. The maximum Gasteiger partial charge on any atom is 0.106 e. The van der Waals surface area contributed by atoms with Gasteiger partial charge >= 0.3 is 0 Å². The molecule has 3 aliphatic carbocycles. The molecule has 0 radical (unpaired) electrons. The summed E-state index contributed by atoms with van der Waals surface area (Å²) in [5.41, 5.74) is 3.04. The molecular weight excluding hydrogens is 356 g/mol. The summed E-state index contributed by atoms with van der Waals surface area (Å²) in [5, 5.41) is 10.1. The lowest BCUT2D eigenvalue weighted by atomic mass is 9.58. The summed E-state index contributed by atoms with van der Waals surface area (Å²) < 4.78 is 6.55. The van der Waals surface area contributed by atoms with E-state index in [2.05, 4.69) is 40.3 Å². The molecule has 29 heavy (non-hydrogen) atoms. The minimum atomic E-state index is -0.194. The van der Waals surface area contributed by atoms with Gasteiger partial charge in [0.15, 0.2) is 0 Å². The zero-order valence-electron chi connectivity index (χ0n) is 19.4. The van der Waals surface area contributed by atoms with Crippen LogP contribution in [-0.4, -0.2) is 22.9 Å². The third kappa shape index (κ3) is 4.01. The number of ether oxygens (including phenoxy) is 1. The summed E-state index contributed by atoms with van der Waals surface area (Å²) in [6.45, 7) is 14.1. The fourth-order valence-electron chi connectivity index (χ4n) is 7.56. The molecule has 1 N–H and O–H groups in total. The summed E-state index contributed by atoms with van der Waals surface area (Å²) >= 11 is 0. The maximum absolute atomic E-state index is 10.1. The highest BCUT2D eigenvalue weighted by Gasteiger charge is 2.68. The molecule has 2 heteroatoms. The van der Waals surface area contributed by atoms with Crippen LogP contribution in [-0.2, 0) is 4.74 Å². The lowest BCUT2D eigenvalue weighted by Crippen LogP contribution is -2.44. The fourth-order valence-corrected chi connectivity index (χ4v) is 7.56. The Hall–Kier alpha value is -0.600. The first-order valence-electron chi connectivity index (χ1n) is 12.5. The number of hydrogen-bond donors (Lipinski definition) is 1. The van der Waals surface area contributed by atoms with Crippen LogP contribution in [0.2, 0.25) is 0 Å². The normalized spacial score (nSPS) is 44.5. The van der Waals surface area contributed by atoms with Crippen molar-refractivity contribution in [1.29, 1.82) is 0 Å². The van der Waals surface area contributed by atoms with Crippen LogP contribution in [0.3, 0.4) is 0 Å². The lowest BCUT2D eigenvalue weighted by Gasteiger charge is -2.46. The number of aliphatic hydroxyl groups is 1. The van der Waals surface area contributed by atoms with Gasteiger partial charge in [-0.05, 0) is 92.1 Å². The monoisotopic (exact) mass is 400 g/mol. The molecule has 0 amide bonds. The van der Waals surface area contributed by atoms with Crippen molar-refractivity contribution < 1.29 is 9.84 Å². The standard InChI is InChI=1S/C27H44O2/c1-18(2)8-6-9-20(4)23-12-13-24-26(23,5)14-7-15-27(24)25(29-27)17-21-16-22(28)11-10-19(21)3/h17-18,20,22-25,28H,3,6-16H2,1-2,4-5H3. The topological polar surface area (TPSA) is 32.8 Å². The van der Waals surface area contributed by atoms with Gasteiger partial charge in [-0.1, -0.05) is 59.1 Å². The Morgan fingerprint density at radius 2 is 1.97 bits per heavy atom. The first kappa shape index (κ1) is 21.6. The molecule has 1 aliphatic heterocycles. The van der Waals surface area contributed by atoms with E-state index in [4.69, 9.17) is 4.74 Å². The van der Waals surface area contributed by atoms with Gasteiger partial charge in [0.05, 0.1) is 6.10 Å². The minimum Gasteiger partial charge on any atom is -0.393 e. The van der Waals surface area contributed by atoms with Gasteiger partial charge in [-0.15, -0.1) is 0 Å². The zero-order chi connectivity index (χ0) is 20.8. The van der Waals surface area contributed by atoms with Crippen molar-refractivity contribution in [3.8, 4) is 0 Å². The van der Waals surface area contributed by atoms with Crippen LogP contribution >= 0.6 is 0 Å². The molecular formula is C27H44O2. The van der Waals surface area contributed by atoms with E-state index < -0.39 is 0 Å². The van der Waals surface area contributed by atoms with E-state index in [0.29, 0.717) is 11.3 Å². The predicted octanol–water partition coefficient (Wildman–Crippen LogP) is 6.83. The fraction of sp³-hybridized carbons (Fsp3) is 0.852. The van der Waals surface area contributed by atoms with Crippen LogP contribution in [0.25, 0.3) is 0 Å². The SMILES string of the molecule is C=C1CCC(O)CC1=CC1OC12CCCC1(C)C(C(C)CCCC(C)C)CCC12. The molecule has 4 fully saturated rings. The second kappa shape index (κ2) is 8.15. The molecule has 7 unspecified atom stereocenters. The molecule has 4 rings (SSSR count). The van der Waals surface area contributed by atoms with Crippen molar-refractivity contribution in [1.82, 2.24) is 0 Å². The number of aliphatic hydroxyl groups excluding tert-OH is 1. The third-order valence-corrected chi connectivity index (χ3v) is 9.22. The van der Waals surface area contributed by atoms with Crippen LogP contribution in [0.4, 0.5) is 0 Å². The Labute approximate surface area is 179 Å². The Kier molecular flexibility index (Phi) is 6.08. The average molecular weight is 401 g/mol. The predicted molar refractivity (Wildman–Crippen MR) is 121 cm³/mol. The minimum absolute atomic E-state index is 0.0923. The van der Waals surface area contributed by atoms with Gasteiger partial charge < -0.3 is 9.84 Å². The van der Waals surface area contributed by atoms with Crippen LogP contribution in [0, 0.1) is 29.1 Å². The van der Waals surface area contributed by atoms with Gasteiger partial charge in [-0.2, -0.15) is 0 Å². The smallest absolute Gasteiger partial charge is 0.106 e. The van der Waals surface area contributed by atoms with Gasteiger partial charge in [0, 0.05) is 0 Å². The van der Waals surface area contributed by atoms with Gasteiger partial charge in [0.2, 0.25) is 0 Å². The molecule has 0 bridgehead atoms. The molecule has 2 nitrogen and oxygen atoms in total. The van der Waals surface area contributed by atoms with Gasteiger partial charge in [0.1, 0.15) is 11.7 Å². The largest absolute Gasteiger partial charge is 0.393 e. The Bertz CT molecular complexity index is 649. The Morgan fingerprint density at radius 1 is 1.17 bits per heavy atom. The molecule has 4 aliphatic rings. The van der Waals surface area contributed by atoms with E-state index >= 15 is 0 Å². The zero-order valence-corrected chi connectivity index (χ0v) is 19.4. The summed E-state index contributed by atoms with van der Waals surface area (Å²) in [6.07, 6.45) is 15.8. The number of epoxide rings is 1. The number of fused-ring (bicyclic) bond motifs is 2. The van der Waals surface area contributed by atoms with E-state index in [1.165, 1.54) is 62.5 Å². The van der Waals surface area contributed by atoms with Gasteiger partial charge in [0.25, 0.3) is 0 Å². The van der Waals surface area contributed by atoms with E-state index in [9.17, 15) is 5.11 Å². The van der Waals surface area contributed by atoms with Crippen molar-refractivity contribution in [2.24, 2.45) is 29.1 Å². The quantitative estimate of drug-likeness (QED) is 0.496. The van der Waals surface area contributed by atoms with E-state index in [-0.39, 0.29) is 17.8 Å². The second-order valence-electron chi connectivity index (χ2n) is 11.6. The molecule has 1 saturated heterocycles. The van der Waals surface area contributed by atoms with E-state index in [1.54, 1.807) is 0 Å². The molecule has 0 aromatic rings. The van der Waals surface area contributed by atoms with Crippen LogP contribution < -0.4 is 0 Å². The summed E-state index contributed by atoms with van der Waals surface area (Å²) in [6, 6.07) is 0. The molecule has 1 heterocycles. The van der Waals surface area contributed by atoms with E-state index in [0.717, 1.165) is 37.0 Å². The number of rotatable bonds is 6. The van der Waals surface area contributed by atoms with Crippen molar-refractivity contribution in [2.45, 2.75) is 116 Å². The summed E-state index contributed by atoms with van der Waals surface area (Å²) in [5.74, 6) is 3.24. The van der Waals surface area contributed by atoms with Crippen molar-refractivity contribution in [3.05, 3.63) is 23.8 Å². The molecule has 164 valence electrons. The highest BCUT2D eigenvalue weighted by Crippen LogP contribution is 2.67. The molecule has 7 atom stereocenters. The Morgan fingerprint density at radius 3 is 2.72 bits per heavy atom.